The van der Waals surface area contributed by atoms with Crippen molar-refractivity contribution >= 4 is 51.8 Å². The Hall–Kier alpha value is -6.33. The number of benzene rings is 2. The number of carbonyl (C=O) groups is 4. The molecule has 6 atom stereocenters. The van der Waals surface area contributed by atoms with Gasteiger partial charge in [0.2, 0.25) is 11.8 Å². The molecule has 2 aromatic carbocycles. The van der Waals surface area contributed by atoms with Crippen LogP contribution in [0.25, 0.3) is 22.1 Å². The highest BCUT2D eigenvalue weighted by atomic mass is 19.3. The smallest absolute Gasteiger partial charge is 0.407 e. The number of aromatic nitrogens is 5. The van der Waals surface area contributed by atoms with Crippen LogP contribution in [0.2, 0.25) is 0 Å². The van der Waals surface area contributed by atoms with Gasteiger partial charge < -0.3 is 44.8 Å². The average Bonchev–Trinajstić information content (AvgIpc) is 4.14. The Labute approximate surface area is 376 Å². The van der Waals surface area contributed by atoms with Crippen LogP contribution in [-0.4, -0.2) is 98.1 Å². The maximum atomic E-state index is 14.4. The van der Waals surface area contributed by atoms with Gasteiger partial charge in [0.05, 0.1) is 72.3 Å². The van der Waals surface area contributed by atoms with Crippen LogP contribution in [0.15, 0.2) is 54.7 Å². The highest BCUT2D eigenvalue weighted by molar-refractivity contribution is 5.87. The highest BCUT2D eigenvalue weighted by Crippen LogP contribution is 2.48. The lowest BCUT2D eigenvalue weighted by Crippen LogP contribution is -2.51. The van der Waals surface area contributed by atoms with Gasteiger partial charge in [-0.2, -0.15) is 8.78 Å². The largest absolute Gasteiger partial charge is 0.453 e. The summed E-state index contributed by atoms with van der Waals surface area (Å²) in [5.41, 5.74) is 5.48. The van der Waals surface area contributed by atoms with E-state index < -0.39 is 30.2 Å². The van der Waals surface area contributed by atoms with Crippen molar-refractivity contribution < 1.29 is 37.4 Å². The number of hydrogen-bond donors (Lipinski definition) is 4. The summed E-state index contributed by atoms with van der Waals surface area (Å²) < 4.78 is 38.4. The molecule has 0 saturated carbocycles. The molecule has 3 fully saturated rings. The zero-order valence-corrected chi connectivity index (χ0v) is 37.9. The number of methoxy groups -OCH3 is 2. The lowest BCUT2D eigenvalue weighted by Gasteiger charge is -2.33. The third-order valence-corrected chi connectivity index (χ3v) is 13.2. The number of halogens is 2. The Balaban J connectivity index is 1.09. The standard InChI is InChI=1S/C47H58F2N10O6/c1-25(2)39(55-45(62)64-6)43(60)57-20-8-10-36(57)41-51-30-15-12-27(22-32(30)53-41)34-17-18-35(59(34)29-14-19-38(50-24-29)47(5,48)49)28-13-16-31-33(23-28)54-42(52-31)37-11-9-21-58(37)44(61)40(26(3)4)56-46(63)65-7/h12-16,19,22-26,34-37,39-40H,8-11,17-18,20-21H2,1-7H3,(H,51,53)(H,52,54)(H,55,62)(H,56,63)/t34-,35-,36+,37+,39+,40+/m1/s1. The monoisotopic (exact) mass is 896 g/mol. The lowest BCUT2D eigenvalue weighted by molar-refractivity contribution is -0.136. The second-order valence-electron chi connectivity index (χ2n) is 18.2. The van der Waals surface area contributed by atoms with Gasteiger partial charge in [0.1, 0.15) is 29.4 Å². The number of rotatable bonds is 12. The van der Waals surface area contributed by atoms with Gasteiger partial charge in [-0.15, -0.1) is 0 Å². The summed E-state index contributed by atoms with van der Waals surface area (Å²) >= 11 is 0. The molecule has 4 amide bonds. The van der Waals surface area contributed by atoms with Gasteiger partial charge in [-0.1, -0.05) is 39.8 Å². The molecule has 16 nitrogen and oxygen atoms in total. The third-order valence-electron chi connectivity index (χ3n) is 13.2. The van der Waals surface area contributed by atoms with Crippen molar-refractivity contribution in [3.63, 3.8) is 0 Å². The fourth-order valence-corrected chi connectivity index (χ4v) is 9.83. The summed E-state index contributed by atoms with van der Waals surface area (Å²) in [6.45, 7) is 9.43. The number of carbonyl (C=O) groups excluding carboxylic acids is 4. The van der Waals surface area contributed by atoms with Crippen LogP contribution in [0.3, 0.4) is 0 Å². The molecule has 6 heterocycles. The Morgan fingerprint density at radius 3 is 1.54 bits per heavy atom. The van der Waals surface area contributed by atoms with Crippen LogP contribution in [0, 0.1) is 11.8 Å². The van der Waals surface area contributed by atoms with Crippen LogP contribution in [-0.2, 0) is 25.0 Å². The van der Waals surface area contributed by atoms with Crippen LogP contribution in [0.4, 0.5) is 24.1 Å². The number of H-pyrrole nitrogens is 2. The van der Waals surface area contributed by atoms with Crippen LogP contribution >= 0.6 is 0 Å². The number of likely N-dealkylation sites (tertiary alicyclic amines) is 2. The number of aromatic amines is 2. The maximum absolute atomic E-state index is 14.4. The Bertz CT molecular complexity index is 2410. The highest BCUT2D eigenvalue weighted by Gasteiger charge is 2.41. The zero-order chi connectivity index (χ0) is 46.3. The number of alkyl carbamates (subject to hydrolysis) is 2. The topological polar surface area (TPSA) is 191 Å². The van der Waals surface area contributed by atoms with Gasteiger partial charge in [-0.3, -0.25) is 14.6 Å². The molecule has 65 heavy (non-hydrogen) atoms. The van der Waals surface area contributed by atoms with E-state index in [4.69, 9.17) is 19.4 Å². The first kappa shape index (κ1) is 45.2. The van der Waals surface area contributed by atoms with E-state index in [0.717, 1.165) is 65.8 Å². The molecular weight excluding hydrogens is 839 g/mol. The van der Waals surface area contributed by atoms with Gasteiger partial charge in [0, 0.05) is 20.0 Å². The van der Waals surface area contributed by atoms with Gasteiger partial charge in [-0.05, 0) is 97.9 Å². The summed E-state index contributed by atoms with van der Waals surface area (Å²) in [4.78, 5) is 78.9. The molecule has 3 saturated heterocycles. The number of pyridine rings is 1. The molecule has 0 aliphatic carbocycles. The van der Waals surface area contributed by atoms with Crippen molar-refractivity contribution in [3.8, 4) is 0 Å². The van der Waals surface area contributed by atoms with Gasteiger partial charge >= 0.3 is 12.2 Å². The van der Waals surface area contributed by atoms with Crippen molar-refractivity contribution in [1.29, 1.82) is 0 Å². The minimum Gasteiger partial charge on any atom is -0.453 e. The summed E-state index contributed by atoms with van der Waals surface area (Å²) in [7, 11) is 2.54. The summed E-state index contributed by atoms with van der Waals surface area (Å²) in [5, 5.41) is 5.40. The van der Waals surface area contributed by atoms with Gasteiger partial charge in [0.15, 0.2) is 0 Å². The first-order chi connectivity index (χ1) is 31.1. The minimum atomic E-state index is -3.10. The normalized spacial score (nSPS) is 21.1. The Kier molecular flexibility index (Phi) is 12.7. The predicted octanol–water partition coefficient (Wildman–Crippen LogP) is 8.12. The van der Waals surface area contributed by atoms with E-state index in [-0.39, 0.29) is 53.5 Å². The van der Waals surface area contributed by atoms with Crippen molar-refractivity contribution in [2.45, 2.75) is 115 Å². The first-order valence-corrected chi connectivity index (χ1v) is 22.5. The number of anilines is 1. The van der Waals surface area contributed by atoms with Crippen molar-refractivity contribution in [2.24, 2.45) is 11.8 Å². The van der Waals surface area contributed by atoms with Crippen LogP contribution < -0.4 is 15.5 Å². The molecule has 0 unspecified atom stereocenters. The number of fused-ring (bicyclic) bond motifs is 2. The molecule has 3 aromatic heterocycles. The molecule has 0 radical (unpaired) electrons. The van der Waals surface area contributed by atoms with E-state index in [1.165, 1.54) is 26.5 Å². The number of ether oxygens (including phenoxy) is 2. The molecule has 4 N–H and O–H groups in total. The molecule has 18 heteroatoms. The summed E-state index contributed by atoms with van der Waals surface area (Å²) in [5.74, 6) is -2.47. The average molecular weight is 897 g/mol. The first-order valence-electron chi connectivity index (χ1n) is 22.5. The zero-order valence-electron chi connectivity index (χ0n) is 37.9. The summed E-state index contributed by atoms with van der Waals surface area (Å²) in [6.07, 6.45) is 4.70. The number of alkyl halides is 2. The Morgan fingerprint density at radius 2 is 1.15 bits per heavy atom. The van der Waals surface area contributed by atoms with E-state index in [0.29, 0.717) is 43.3 Å². The fourth-order valence-electron chi connectivity index (χ4n) is 9.83. The minimum absolute atomic E-state index is 0.162. The fraction of sp³-hybridized carbons (Fsp3) is 0.511. The van der Waals surface area contributed by atoms with Crippen LogP contribution in [0.5, 0.6) is 0 Å². The van der Waals surface area contributed by atoms with E-state index in [9.17, 15) is 28.0 Å². The predicted molar refractivity (Wildman–Crippen MR) is 239 cm³/mol. The molecule has 0 bridgehead atoms. The van der Waals surface area contributed by atoms with E-state index >= 15 is 0 Å². The van der Waals surface area contributed by atoms with E-state index in [1.54, 1.807) is 15.9 Å². The second-order valence-corrected chi connectivity index (χ2v) is 18.2. The molecule has 5 aromatic rings. The second kappa shape index (κ2) is 18.3. The number of nitrogens with zero attached hydrogens (tertiary/aromatic N) is 6. The van der Waals surface area contributed by atoms with E-state index in [2.05, 4.69) is 42.6 Å². The maximum Gasteiger partial charge on any atom is 0.407 e. The van der Waals surface area contributed by atoms with Crippen molar-refractivity contribution in [3.05, 3.63) is 83.2 Å². The molecule has 3 aliphatic heterocycles. The molecular formula is C47H58F2N10O6. The Morgan fingerprint density at radius 1 is 0.692 bits per heavy atom. The quantitative estimate of drug-likeness (QED) is 0.0952. The number of hydrogen-bond acceptors (Lipinski definition) is 10. The van der Waals surface area contributed by atoms with Crippen LogP contribution in [0.1, 0.15) is 126 Å². The molecule has 346 valence electrons. The van der Waals surface area contributed by atoms with Gasteiger partial charge in [0.25, 0.3) is 5.92 Å². The SMILES string of the molecule is COC(=O)N[C@H](C(=O)N1CCC[C@H]1c1nc2ccc([C@H]3CC[C@H](c4ccc5nc([C@@H]6CCCN6C(=O)[C@@H](NC(=O)OC)C(C)C)[nH]c5c4)N3c3ccc(C(C)(F)F)nc3)cc2[nH]1)C(C)C. The van der Waals surface area contributed by atoms with E-state index in [1.807, 2.05) is 52.0 Å². The van der Waals surface area contributed by atoms with Gasteiger partial charge in [-0.25, -0.2) is 19.6 Å². The third kappa shape index (κ3) is 9.03. The number of imidazole rings is 2. The summed E-state index contributed by atoms with van der Waals surface area (Å²) in [6, 6.07) is 12.8. The lowest BCUT2D eigenvalue weighted by atomic mass is 10.0. The molecule has 8 rings (SSSR count). The number of nitrogens with one attached hydrogen (secondary N) is 4. The number of amides is 4. The molecule has 3 aliphatic rings. The van der Waals surface area contributed by atoms with Crippen molar-refractivity contribution in [2.75, 3.05) is 32.2 Å². The molecule has 0 spiro atoms. The van der Waals surface area contributed by atoms with Crippen molar-refractivity contribution in [1.82, 2.24) is 45.4 Å².